The molecule has 64 heavy (non-hydrogen) atoms. The van der Waals surface area contributed by atoms with Crippen LogP contribution in [0.2, 0.25) is 0 Å². The molecule has 0 spiro atoms. The van der Waals surface area contributed by atoms with Crippen molar-refractivity contribution < 1.29 is 33.4 Å². The van der Waals surface area contributed by atoms with Crippen molar-refractivity contribution in [2.24, 2.45) is 65.8 Å². The molecule has 0 saturated carbocycles. The lowest BCUT2D eigenvalue weighted by Crippen LogP contribution is -2.42. The van der Waals surface area contributed by atoms with Crippen LogP contribution in [0.3, 0.4) is 0 Å². The third kappa shape index (κ3) is 20.6. The molecule has 3 atom stereocenters. The van der Waals surface area contributed by atoms with Crippen molar-refractivity contribution in [2.75, 3.05) is 40.4 Å². The Labute approximate surface area is 373 Å². The molecule has 3 amide bonds. The largest absolute Gasteiger partial charge is 0.496 e. The number of unbranched alkanes of at least 4 members (excludes halogenated alkanes) is 1. The Morgan fingerprint density at radius 2 is 0.922 bits per heavy atom. The average Bonchev–Trinajstić information content (AvgIpc) is 3.23. The number of hydrogen-bond donors (Lipinski definition) is 11. The van der Waals surface area contributed by atoms with E-state index in [0.717, 1.165) is 0 Å². The van der Waals surface area contributed by atoms with Crippen LogP contribution >= 0.6 is 0 Å². The molecule has 0 heterocycles. The molecule has 22 heteroatoms. The Morgan fingerprint density at radius 1 is 0.531 bits per heavy atom. The maximum Gasteiger partial charge on any atom is 0.255 e. The lowest BCUT2D eigenvalue weighted by atomic mass is 9.96. The highest BCUT2D eigenvalue weighted by atomic mass is 16.5. The molecule has 0 radical (unpaired) electrons. The van der Waals surface area contributed by atoms with Crippen molar-refractivity contribution in [2.45, 2.75) is 95.7 Å². The molecule has 0 bridgehead atoms. The molecule has 2 rings (SSSR count). The number of hydrogen-bond acceptors (Lipinski definition) is 11. The minimum atomic E-state index is -1.02. The van der Waals surface area contributed by atoms with Gasteiger partial charge in [0.1, 0.15) is 11.5 Å². The molecule has 22 nitrogen and oxygen atoms in total. The van der Waals surface area contributed by atoms with Gasteiger partial charge < -0.3 is 71.3 Å². The van der Waals surface area contributed by atoms with Gasteiger partial charge in [-0.3, -0.25) is 43.9 Å². The molecule has 0 unspecified atom stereocenters. The van der Waals surface area contributed by atoms with E-state index in [1.807, 2.05) is 6.92 Å². The highest BCUT2D eigenvalue weighted by Gasteiger charge is 2.26. The Bertz CT molecular complexity index is 1990. The second-order valence-corrected chi connectivity index (χ2v) is 15.0. The molecular weight excluding hydrogens is 827 g/mol. The van der Waals surface area contributed by atoms with Crippen LogP contribution in [0, 0.1) is 0 Å². The van der Waals surface area contributed by atoms with E-state index in [0.29, 0.717) is 68.5 Å². The summed E-state index contributed by atoms with van der Waals surface area (Å²) in [5, 5.41) is 8.60. The van der Waals surface area contributed by atoms with Crippen LogP contribution in [0.25, 0.3) is 0 Å². The average molecular weight is 894 g/mol. The summed E-state index contributed by atoms with van der Waals surface area (Å²) in [7, 11) is 2.83. The third-order valence-corrected chi connectivity index (χ3v) is 9.66. The normalized spacial score (nSPS) is 12.0. The first kappa shape index (κ1) is 53.0. The summed E-state index contributed by atoms with van der Waals surface area (Å²) < 4.78 is 11.0. The minimum Gasteiger partial charge on any atom is -0.496 e. The van der Waals surface area contributed by atoms with Gasteiger partial charge in [0.25, 0.3) is 11.8 Å². The highest BCUT2D eigenvalue weighted by molar-refractivity contribution is 6.01. The molecule has 0 aliphatic carbocycles. The van der Waals surface area contributed by atoms with Crippen LogP contribution in [0.15, 0.2) is 56.4 Å². The summed E-state index contributed by atoms with van der Waals surface area (Å²) >= 11 is 0. The third-order valence-electron chi connectivity index (χ3n) is 9.66. The number of nitrogens with zero attached hydrogens (tertiary/aromatic N) is 4. The van der Waals surface area contributed by atoms with Gasteiger partial charge in [0.05, 0.1) is 37.4 Å². The number of carbonyl (C=O) groups is 5. The fourth-order valence-electron chi connectivity index (χ4n) is 6.46. The lowest BCUT2D eigenvalue weighted by Gasteiger charge is -2.20. The Morgan fingerprint density at radius 3 is 1.34 bits per heavy atom. The highest BCUT2D eigenvalue weighted by Crippen LogP contribution is 2.24. The SMILES string of the molecule is COc1ccc(CC(=O)[C@@H](CCCN=C(N)N)NC(=O)c2cc(CC(=O)[C@@H](CCCN=C(N)N)NC(=O)CCCCN=C(N)N)ccc2OC)cc1C(=O)N[C@@H](C)CCCN=C(N)N. The maximum atomic E-state index is 14.0. The second kappa shape index (κ2) is 28.5. The fourth-order valence-corrected chi connectivity index (χ4v) is 6.46. The van der Waals surface area contributed by atoms with Crippen LogP contribution in [0.1, 0.15) is 96.6 Å². The quantitative estimate of drug-likeness (QED) is 0.0253. The number of Topliss-reactive ketones (excluding diaryl/α,β-unsaturated/α-hetero) is 2. The first-order valence-corrected chi connectivity index (χ1v) is 21.0. The molecule has 2 aromatic rings. The van der Waals surface area contributed by atoms with Gasteiger partial charge in [-0.15, -0.1) is 0 Å². The van der Waals surface area contributed by atoms with Crippen LogP contribution in [0.5, 0.6) is 11.5 Å². The fraction of sp³-hybridized carbons (Fsp3) is 0.500. The Balaban J connectivity index is 2.32. The van der Waals surface area contributed by atoms with E-state index in [4.69, 9.17) is 55.3 Å². The number of methoxy groups -OCH3 is 2. The summed E-state index contributed by atoms with van der Waals surface area (Å²) in [6, 6.07) is 7.41. The monoisotopic (exact) mass is 894 g/mol. The first-order chi connectivity index (χ1) is 30.4. The molecule has 0 aliphatic rings. The summed E-state index contributed by atoms with van der Waals surface area (Å²) in [6.45, 7) is 3.08. The standard InChI is InChI=1S/C42H67N15O7/c1-25(9-6-18-52-40(45)46)55-37(61)28-21-26(13-15-34(28)63-2)24-33(59)31(11-8-20-54-42(49)50)57-38(62)29-22-27(14-16-35(29)64-3)23-32(58)30(10-7-19-53-41(47)48)56-36(60)12-4-5-17-51-39(43)44/h13-16,21-22,25,30-31H,4-12,17-20,23-24H2,1-3H3,(H,55,61)(H,56,60)(H,57,62)(H4,43,44,51)(H4,45,46,52)(H4,47,48,53)(H4,49,50,54)/t25-,30+,31+/m0/s1. The Hall–Kier alpha value is -7.13. The Kier molecular flexibility index (Phi) is 23.6. The summed E-state index contributed by atoms with van der Waals surface area (Å²) in [6.07, 6.45) is 3.33. The second-order valence-electron chi connectivity index (χ2n) is 15.0. The zero-order valence-electron chi connectivity index (χ0n) is 37.1. The van der Waals surface area contributed by atoms with Crippen molar-refractivity contribution in [1.82, 2.24) is 16.0 Å². The zero-order valence-corrected chi connectivity index (χ0v) is 37.1. The van der Waals surface area contributed by atoms with E-state index in [9.17, 15) is 24.0 Å². The van der Waals surface area contributed by atoms with Gasteiger partial charge in [-0.05, 0) is 93.7 Å². The van der Waals surface area contributed by atoms with Gasteiger partial charge in [0, 0.05) is 51.5 Å². The minimum absolute atomic E-state index is 0.00558. The van der Waals surface area contributed by atoms with E-state index >= 15 is 0 Å². The number of aliphatic imine (C=N–C) groups is 4. The molecule has 2 aromatic carbocycles. The van der Waals surface area contributed by atoms with Crippen LogP contribution in [-0.2, 0) is 27.2 Å². The molecular formula is C42H67N15O7. The molecule has 352 valence electrons. The van der Waals surface area contributed by atoms with Gasteiger partial charge in [0.15, 0.2) is 35.4 Å². The van der Waals surface area contributed by atoms with E-state index < -0.39 is 23.9 Å². The van der Waals surface area contributed by atoms with E-state index in [1.54, 1.807) is 30.3 Å². The smallest absolute Gasteiger partial charge is 0.255 e. The van der Waals surface area contributed by atoms with Gasteiger partial charge >= 0.3 is 0 Å². The number of guanidine groups is 4. The molecule has 0 aromatic heterocycles. The first-order valence-electron chi connectivity index (χ1n) is 21.0. The number of ketones is 2. The van der Waals surface area contributed by atoms with Gasteiger partial charge in [-0.25, -0.2) is 0 Å². The summed E-state index contributed by atoms with van der Waals surface area (Å²) in [5.74, 6) is -1.79. The van der Waals surface area contributed by atoms with E-state index in [2.05, 4.69) is 35.9 Å². The number of nitrogens with one attached hydrogen (secondary N) is 3. The molecule has 0 fully saturated rings. The summed E-state index contributed by atoms with van der Waals surface area (Å²) in [5.41, 5.74) is 44.7. The van der Waals surface area contributed by atoms with Crippen molar-refractivity contribution in [3.05, 3.63) is 58.7 Å². The number of amides is 3. The van der Waals surface area contributed by atoms with Crippen molar-refractivity contribution in [3.8, 4) is 11.5 Å². The molecule has 0 aliphatic heterocycles. The van der Waals surface area contributed by atoms with Crippen molar-refractivity contribution in [3.63, 3.8) is 0 Å². The molecule has 0 saturated heterocycles. The number of benzene rings is 2. The maximum absolute atomic E-state index is 14.0. The van der Waals surface area contributed by atoms with E-state index in [1.165, 1.54) is 20.3 Å². The van der Waals surface area contributed by atoms with E-state index in [-0.39, 0.29) is 109 Å². The number of ether oxygens (including phenoxy) is 2. The van der Waals surface area contributed by atoms with Crippen LogP contribution in [0.4, 0.5) is 0 Å². The van der Waals surface area contributed by atoms with Crippen LogP contribution < -0.4 is 71.3 Å². The number of nitrogens with two attached hydrogens (primary N) is 8. The number of rotatable bonds is 30. The predicted molar refractivity (Wildman–Crippen MR) is 248 cm³/mol. The molecule has 19 N–H and O–H groups in total. The van der Waals surface area contributed by atoms with Crippen LogP contribution in [-0.4, -0.2) is 112 Å². The van der Waals surface area contributed by atoms with Crippen molar-refractivity contribution in [1.29, 1.82) is 0 Å². The van der Waals surface area contributed by atoms with Gasteiger partial charge in [0.2, 0.25) is 5.91 Å². The topological polar surface area (TPSA) is 397 Å². The zero-order chi connectivity index (χ0) is 47.6. The summed E-state index contributed by atoms with van der Waals surface area (Å²) in [4.78, 5) is 83.9. The van der Waals surface area contributed by atoms with Crippen molar-refractivity contribution >= 4 is 53.1 Å². The van der Waals surface area contributed by atoms with Gasteiger partial charge in [-0.1, -0.05) is 12.1 Å². The van der Waals surface area contributed by atoms with Gasteiger partial charge in [-0.2, -0.15) is 0 Å². The lowest BCUT2D eigenvalue weighted by molar-refractivity contribution is -0.127. The number of carbonyl (C=O) groups excluding carboxylic acids is 5. The predicted octanol–water partition coefficient (Wildman–Crippen LogP) is -1.07.